The van der Waals surface area contributed by atoms with Crippen molar-refractivity contribution >= 4 is 17.5 Å². The van der Waals surface area contributed by atoms with Crippen molar-refractivity contribution in [3.63, 3.8) is 0 Å². The summed E-state index contributed by atoms with van der Waals surface area (Å²) in [5, 5.41) is 10.0. The zero-order valence-electron chi connectivity index (χ0n) is 11.8. The maximum absolute atomic E-state index is 12.2. The van der Waals surface area contributed by atoms with Crippen LogP contribution < -0.4 is 0 Å². The van der Waals surface area contributed by atoms with Crippen molar-refractivity contribution in [1.29, 1.82) is 0 Å². The van der Waals surface area contributed by atoms with Crippen LogP contribution in [0.4, 0.5) is 0 Å². The van der Waals surface area contributed by atoms with E-state index in [0.717, 1.165) is 31.7 Å². The molecule has 1 aromatic carbocycles. The van der Waals surface area contributed by atoms with Crippen LogP contribution in [-0.4, -0.2) is 59.6 Å². The molecule has 20 heavy (non-hydrogen) atoms. The smallest absolute Gasteiger partial charge is 0.227 e. The van der Waals surface area contributed by atoms with Gasteiger partial charge < -0.3 is 10.0 Å². The first-order valence-electron chi connectivity index (χ1n) is 6.97. The van der Waals surface area contributed by atoms with Crippen molar-refractivity contribution in [2.45, 2.75) is 19.4 Å². The molecule has 0 bridgehead atoms. The average molecular weight is 297 g/mol. The Hall–Kier alpha value is -1.10. The second-order valence-corrected chi connectivity index (χ2v) is 5.77. The molecule has 0 radical (unpaired) electrons. The Morgan fingerprint density at radius 1 is 1.35 bits per heavy atom. The third-order valence-electron chi connectivity index (χ3n) is 3.49. The van der Waals surface area contributed by atoms with Crippen molar-refractivity contribution in [3.8, 4) is 0 Å². The van der Waals surface area contributed by atoms with Gasteiger partial charge in [-0.05, 0) is 24.6 Å². The highest BCUT2D eigenvalue weighted by molar-refractivity contribution is 6.30. The summed E-state index contributed by atoms with van der Waals surface area (Å²) >= 11 is 5.93. The molecule has 1 N–H and O–H groups in total. The van der Waals surface area contributed by atoms with Crippen molar-refractivity contribution in [2.24, 2.45) is 0 Å². The molecule has 0 aliphatic carbocycles. The molecule has 1 fully saturated rings. The van der Waals surface area contributed by atoms with E-state index in [2.05, 4.69) is 4.90 Å². The highest BCUT2D eigenvalue weighted by Gasteiger charge is 2.21. The van der Waals surface area contributed by atoms with Crippen LogP contribution in [0.25, 0.3) is 0 Å². The lowest BCUT2D eigenvalue weighted by Gasteiger charge is -2.35. The van der Waals surface area contributed by atoms with Crippen LogP contribution in [-0.2, 0) is 11.2 Å². The largest absolute Gasteiger partial charge is 0.392 e. The Morgan fingerprint density at radius 2 is 2.05 bits per heavy atom. The fourth-order valence-corrected chi connectivity index (χ4v) is 2.70. The Morgan fingerprint density at radius 3 is 2.65 bits per heavy atom. The SMILES string of the molecule is CC(O)CN1CCN(C(=O)Cc2cccc(Cl)c2)CC1. The van der Waals surface area contributed by atoms with Crippen LogP contribution in [0.15, 0.2) is 24.3 Å². The van der Waals surface area contributed by atoms with Crippen molar-refractivity contribution < 1.29 is 9.90 Å². The van der Waals surface area contributed by atoms with Gasteiger partial charge in [-0.2, -0.15) is 0 Å². The first kappa shape index (κ1) is 15.3. The van der Waals surface area contributed by atoms with E-state index < -0.39 is 0 Å². The van der Waals surface area contributed by atoms with Gasteiger partial charge in [0.2, 0.25) is 5.91 Å². The molecule has 2 rings (SSSR count). The van der Waals surface area contributed by atoms with Gasteiger partial charge in [-0.25, -0.2) is 0 Å². The Labute approximate surface area is 124 Å². The maximum atomic E-state index is 12.2. The highest BCUT2D eigenvalue weighted by atomic mass is 35.5. The van der Waals surface area contributed by atoms with E-state index in [1.165, 1.54) is 0 Å². The average Bonchev–Trinajstić information content (AvgIpc) is 2.38. The number of rotatable bonds is 4. The van der Waals surface area contributed by atoms with Crippen LogP contribution in [0.5, 0.6) is 0 Å². The third-order valence-corrected chi connectivity index (χ3v) is 3.73. The van der Waals surface area contributed by atoms with Crippen molar-refractivity contribution in [1.82, 2.24) is 9.80 Å². The molecule has 1 aliphatic rings. The van der Waals surface area contributed by atoms with Crippen LogP contribution in [0, 0.1) is 0 Å². The van der Waals surface area contributed by atoms with Crippen LogP contribution in [0.1, 0.15) is 12.5 Å². The molecule has 1 atom stereocenters. The number of aliphatic hydroxyl groups is 1. The highest BCUT2D eigenvalue weighted by Crippen LogP contribution is 2.13. The molecule has 1 aliphatic heterocycles. The predicted molar refractivity (Wildman–Crippen MR) is 79.9 cm³/mol. The van der Waals surface area contributed by atoms with Crippen LogP contribution in [0.3, 0.4) is 0 Å². The van der Waals surface area contributed by atoms with Crippen molar-refractivity contribution in [2.75, 3.05) is 32.7 Å². The third kappa shape index (κ3) is 4.47. The summed E-state index contributed by atoms with van der Waals surface area (Å²) in [6.07, 6.45) is 0.0838. The molecule has 5 heteroatoms. The number of hydrogen-bond donors (Lipinski definition) is 1. The van der Waals surface area contributed by atoms with E-state index in [0.29, 0.717) is 18.0 Å². The lowest BCUT2D eigenvalue weighted by Crippen LogP contribution is -2.50. The van der Waals surface area contributed by atoms with E-state index in [4.69, 9.17) is 11.6 Å². The molecule has 110 valence electrons. The van der Waals surface area contributed by atoms with Gasteiger partial charge in [-0.1, -0.05) is 23.7 Å². The topological polar surface area (TPSA) is 43.8 Å². The molecule has 0 aromatic heterocycles. The van der Waals surface area contributed by atoms with Gasteiger partial charge in [0.1, 0.15) is 0 Å². The first-order valence-corrected chi connectivity index (χ1v) is 7.35. The second-order valence-electron chi connectivity index (χ2n) is 5.34. The molecule has 1 amide bonds. The van der Waals surface area contributed by atoms with Gasteiger partial charge >= 0.3 is 0 Å². The number of halogens is 1. The van der Waals surface area contributed by atoms with E-state index >= 15 is 0 Å². The Bertz CT molecular complexity index is 457. The minimum absolute atomic E-state index is 0.143. The van der Waals surface area contributed by atoms with Gasteiger partial charge in [0.15, 0.2) is 0 Å². The summed E-state index contributed by atoms with van der Waals surface area (Å²) in [4.78, 5) is 16.3. The zero-order valence-corrected chi connectivity index (χ0v) is 12.5. The molecule has 1 aromatic rings. The summed E-state index contributed by atoms with van der Waals surface area (Å²) in [7, 11) is 0. The predicted octanol–water partition coefficient (Wildman–Crippen LogP) is 1.41. The van der Waals surface area contributed by atoms with E-state index in [1.807, 2.05) is 29.2 Å². The fraction of sp³-hybridized carbons (Fsp3) is 0.533. The summed E-state index contributed by atoms with van der Waals surface area (Å²) in [6, 6.07) is 7.44. The summed E-state index contributed by atoms with van der Waals surface area (Å²) < 4.78 is 0. The minimum Gasteiger partial charge on any atom is -0.392 e. The lowest BCUT2D eigenvalue weighted by molar-refractivity contribution is -0.132. The van der Waals surface area contributed by atoms with Crippen LogP contribution in [0.2, 0.25) is 5.02 Å². The molecular weight excluding hydrogens is 276 g/mol. The number of carbonyl (C=O) groups is 1. The molecule has 0 saturated carbocycles. The van der Waals surface area contributed by atoms with E-state index in [-0.39, 0.29) is 12.0 Å². The fourth-order valence-electron chi connectivity index (χ4n) is 2.49. The van der Waals surface area contributed by atoms with Gasteiger partial charge in [-0.15, -0.1) is 0 Å². The molecular formula is C15H21ClN2O2. The number of hydrogen-bond acceptors (Lipinski definition) is 3. The number of carbonyl (C=O) groups excluding carboxylic acids is 1. The van der Waals surface area contributed by atoms with E-state index in [1.54, 1.807) is 6.92 Å². The monoisotopic (exact) mass is 296 g/mol. The summed E-state index contributed by atoms with van der Waals surface area (Å²) in [6.45, 7) is 5.57. The molecule has 1 saturated heterocycles. The number of piperazine rings is 1. The van der Waals surface area contributed by atoms with Gasteiger partial charge in [0, 0.05) is 37.7 Å². The van der Waals surface area contributed by atoms with Gasteiger partial charge in [0.25, 0.3) is 0 Å². The number of amides is 1. The Balaban J connectivity index is 1.83. The second kappa shape index (κ2) is 7.07. The standard InChI is InChI=1S/C15H21ClN2O2/c1-12(19)11-17-5-7-18(8-6-17)15(20)10-13-3-2-4-14(16)9-13/h2-4,9,12,19H,5-8,10-11H2,1H3. The minimum atomic E-state index is -0.316. The summed E-state index contributed by atoms with van der Waals surface area (Å²) in [5.41, 5.74) is 0.953. The van der Waals surface area contributed by atoms with Gasteiger partial charge in [-0.3, -0.25) is 9.69 Å². The Kier molecular flexibility index (Phi) is 5.40. The molecule has 4 nitrogen and oxygen atoms in total. The maximum Gasteiger partial charge on any atom is 0.227 e. The summed E-state index contributed by atoms with van der Waals surface area (Å²) in [5.74, 6) is 0.143. The number of aliphatic hydroxyl groups excluding tert-OH is 1. The first-order chi connectivity index (χ1) is 9.54. The van der Waals surface area contributed by atoms with Crippen molar-refractivity contribution in [3.05, 3.63) is 34.9 Å². The molecule has 1 unspecified atom stereocenters. The molecule has 0 spiro atoms. The lowest BCUT2D eigenvalue weighted by atomic mass is 10.1. The van der Waals surface area contributed by atoms with Gasteiger partial charge in [0.05, 0.1) is 12.5 Å². The normalized spacial score (nSPS) is 18.1. The van der Waals surface area contributed by atoms with E-state index in [9.17, 15) is 9.90 Å². The number of β-amino-alcohol motifs (C(OH)–C–C–N with tert-alkyl or cyclic N) is 1. The number of benzene rings is 1. The van der Waals surface area contributed by atoms with Crippen LogP contribution >= 0.6 is 11.6 Å². The quantitative estimate of drug-likeness (QED) is 0.913. The molecule has 1 heterocycles. The zero-order chi connectivity index (χ0) is 14.5. The number of nitrogens with zero attached hydrogens (tertiary/aromatic N) is 2.